The van der Waals surface area contributed by atoms with Gasteiger partial charge in [-0.1, -0.05) is 36.4 Å². The number of fused-ring (bicyclic) bond motifs is 3. The molecule has 0 saturated heterocycles. The molecule has 4 nitrogen and oxygen atoms in total. The van der Waals surface area contributed by atoms with Crippen LogP contribution in [0.3, 0.4) is 0 Å². The Bertz CT molecular complexity index is 575. The summed E-state index contributed by atoms with van der Waals surface area (Å²) in [6, 6.07) is 14.5. The number of rotatable bonds is 0. The standard InChI is InChI=1S/C12H10NO3P/c14-17(15)13-11-7-3-1-5-9(11)10-6-2-4-8-12(10)16-17/h1-8H,(H2,13,14,15). The second-order valence-corrected chi connectivity index (χ2v) is 5.21. The fraction of sp³-hybridized carbons (Fsp3) is 0. The van der Waals surface area contributed by atoms with E-state index in [1.165, 1.54) is 0 Å². The second kappa shape index (κ2) is 3.62. The van der Waals surface area contributed by atoms with Gasteiger partial charge in [-0.2, -0.15) is 0 Å². The molecular formula is C12H10NO3P. The van der Waals surface area contributed by atoms with E-state index in [1.54, 1.807) is 24.3 Å². The van der Waals surface area contributed by atoms with Gasteiger partial charge in [-0.05, 0) is 12.1 Å². The second-order valence-electron chi connectivity index (χ2n) is 3.77. The number of benzene rings is 2. The molecule has 0 fully saturated rings. The summed E-state index contributed by atoms with van der Waals surface area (Å²) in [6.07, 6.45) is 0. The third-order valence-electron chi connectivity index (χ3n) is 2.59. The van der Waals surface area contributed by atoms with Crippen LogP contribution in [0, 0.1) is 0 Å². The van der Waals surface area contributed by atoms with E-state index in [4.69, 9.17) is 4.52 Å². The van der Waals surface area contributed by atoms with Gasteiger partial charge < -0.3 is 4.52 Å². The first-order chi connectivity index (χ1) is 8.16. The summed E-state index contributed by atoms with van der Waals surface area (Å²) >= 11 is 0. The molecule has 3 rings (SSSR count). The molecule has 0 aliphatic carbocycles. The van der Waals surface area contributed by atoms with Crippen molar-refractivity contribution >= 4 is 13.4 Å². The average Bonchev–Trinajstić information content (AvgIpc) is 2.40. The monoisotopic (exact) mass is 247 g/mol. The zero-order valence-electron chi connectivity index (χ0n) is 8.83. The molecule has 17 heavy (non-hydrogen) atoms. The molecule has 1 heterocycles. The van der Waals surface area contributed by atoms with Crippen LogP contribution >= 0.6 is 7.75 Å². The maximum absolute atomic E-state index is 11.8. The van der Waals surface area contributed by atoms with E-state index in [9.17, 15) is 9.46 Å². The van der Waals surface area contributed by atoms with Crippen molar-refractivity contribution in [3.8, 4) is 16.9 Å². The number of hydrogen-bond donors (Lipinski definition) is 2. The molecular weight excluding hydrogens is 237 g/mol. The Morgan fingerprint density at radius 1 is 1.00 bits per heavy atom. The predicted octanol–water partition coefficient (Wildman–Crippen LogP) is 3.26. The van der Waals surface area contributed by atoms with E-state index < -0.39 is 7.75 Å². The summed E-state index contributed by atoms with van der Waals surface area (Å²) < 4.78 is 16.9. The molecule has 86 valence electrons. The van der Waals surface area contributed by atoms with E-state index in [1.807, 2.05) is 24.3 Å². The molecule has 1 unspecified atom stereocenters. The Labute approximate surface area is 98.5 Å². The minimum Gasteiger partial charge on any atom is -0.409 e. The van der Waals surface area contributed by atoms with Gasteiger partial charge in [-0.25, -0.2) is 4.57 Å². The van der Waals surface area contributed by atoms with Crippen LogP contribution in [0.15, 0.2) is 48.5 Å². The van der Waals surface area contributed by atoms with Crippen molar-refractivity contribution in [3.63, 3.8) is 0 Å². The molecule has 0 radical (unpaired) electrons. The van der Waals surface area contributed by atoms with Crippen LogP contribution < -0.4 is 9.61 Å². The third-order valence-corrected chi connectivity index (χ3v) is 3.56. The highest BCUT2D eigenvalue weighted by molar-refractivity contribution is 7.54. The Kier molecular flexibility index (Phi) is 2.21. The van der Waals surface area contributed by atoms with Gasteiger partial charge in [-0.3, -0.25) is 9.98 Å². The van der Waals surface area contributed by atoms with Crippen molar-refractivity contribution in [3.05, 3.63) is 48.5 Å². The lowest BCUT2D eigenvalue weighted by molar-refractivity contribution is 0.388. The molecule has 1 atom stereocenters. The molecule has 1 aliphatic rings. The van der Waals surface area contributed by atoms with Gasteiger partial charge in [0.2, 0.25) is 0 Å². The van der Waals surface area contributed by atoms with Gasteiger partial charge in [0.1, 0.15) is 5.75 Å². The Balaban J connectivity index is 2.32. The van der Waals surface area contributed by atoms with Crippen molar-refractivity contribution in [2.45, 2.75) is 0 Å². The lowest BCUT2D eigenvalue weighted by Gasteiger charge is -2.11. The normalized spacial score (nSPS) is 21.5. The summed E-state index contributed by atoms with van der Waals surface area (Å²) in [5, 5.41) is 2.53. The van der Waals surface area contributed by atoms with Crippen LogP contribution in [0.25, 0.3) is 11.1 Å². The smallest absolute Gasteiger partial charge is 0.409 e. The summed E-state index contributed by atoms with van der Waals surface area (Å²) in [6.45, 7) is 0. The van der Waals surface area contributed by atoms with Crippen LogP contribution in [0.5, 0.6) is 5.75 Å². The number of para-hydroxylation sites is 2. The van der Waals surface area contributed by atoms with Crippen molar-refractivity contribution in [1.82, 2.24) is 0 Å². The molecule has 0 aromatic heterocycles. The van der Waals surface area contributed by atoms with E-state index >= 15 is 0 Å². The first kappa shape index (κ1) is 10.4. The highest BCUT2D eigenvalue weighted by Crippen LogP contribution is 2.51. The largest absolute Gasteiger partial charge is 0.483 e. The van der Waals surface area contributed by atoms with Crippen molar-refractivity contribution < 1.29 is 14.0 Å². The lowest BCUT2D eigenvalue weighted by atomic mass is 10.0. The SMILES string of the molecule is O=P1(O)Nc2ccccc2-c2ccccc2O1. The quantitative estimate of drug-likeness (QED) is 0.701. The van der Waals surface area contributed by atoms with Crippen molar-refractivity contribution in [2.75, 3.05) is 5.09 Å². The first-order valence-electron chi connectivity index (χ1n) is 5.15. The Hall–Kier alpha value is -1.77. The van der Waals surface area contributed by atoms with Crippen LogP contribution in [-0.4, -0.2) is 4.89 Å². The van der Waals surface area contributed by atoms with Gasteiger partial charge in [-0.15, -0.1) is 0 Å². The molecule has 0 amide bonds. The van der Waals surface area contributed by atoms with Crippen LogP contribution in [0.2, 0.25) is 0 Å². The molecule has 2 aromatic rings. The Morgan fingerprint density at radius 3 is 2.47 bits per heavy atom. The zero-order valence-corrected chi connectivity index (χ0v) is 9.72. The van der Waals surface area contributed by atoms with Gasteiger partial charge in [0.15, 0.2) is 0 Å². The highest BCUT2D eigenvalue weighted by Gasteiger charge is 2.28. The first-order valence-corrected chi connectivity index (χ1v) is 6.73. The van der Waals surface area contributed by atoms with Crippen molar-refractivity contribution in [2.24, 2.45) is 0 Å². The van der Waals surface area contributed by atoms with E-state index in [0.29, 0.717) is 11.4 Å². The summed E-state index contributed by atoms with van der Waals surface area (Å²) in [5.74, 6) is 0.413. The highest BCUT2D eigenvalue weighted by atomic mass is 31.2. The maximum atomic E-state index is 11.8. The topological polar surface area (TPSA) is 58.6 Å². The van der Waals surface area contributed by atoms with Gasteiger partial charge in [0, 0.05) is 11.1 Å². The van der Waals surface area contributed by atoms with E-state index in [-0.39, 0.29) is 0 Å². The number of nitrogens with one attached hydrogen (secondary N) is 1. The molecule has 0 spiro atoms. The molecule has 1 aliphatic heterocycles. The van der Waals surface area contributed by atoms with Crippen LogP contribution in [0.1, 0.15) is 0 Å². The van der Waals surface area contributed by atoms with Gasteiger partial charge >= 0.3 is 7.75 Å². The minimum absolute atomic E-state index is 0.413. The molecule has 0 bridgehead atoms. The molecule has 0 saturated carbocycles. The maximum Gasteiger partial charge on any atom is 0.483 e. The third kappa shape index (κ3) is 1.82. The predicted molar refractivity (Wildman–Crippen MR) is 66.0 cm³/mol. The fourth-order valence-electron chi connectivity index (χ4n) is 1.89. The average molecular weight is 247 g/mol. The van der Waals surface area contributed by atoms with Crippen molar-refractivity contribution in [1.29, 1.82) is 0 Å². The lowest BCUT2D eigenvalue weighted by Crippen LogP contribution is -2.00. The molecule has 2 N–H and O–H groups in total. The number of anilines is 1. The molecule has 2 aromatic carbocycles. The van der Waals surface area contributed by atoms with Gasteiger partial charge in [0.05, 0.1) is 5.69 Å². The van der Waals surface area contributed by atoms with Crippen LogP contribution in [-0.2, 0) is 4.57 Å². The zero-order chi connectivity index (χ0) is 11.9. The summed E-state index contributed by atoms with van der Waals surface area (Å²) in [4.78, 5) is 9.67. The Morgan fingerprint density at radius 2 is 1.65 bits per heavy atom. The summed E-state index contributed by atoms with van der Waals surface area (Å²) in [7, 11) is -3.84. The van der Waals surface area contributed by atoms with E-state index in [0.717, 1.165) is 11.1 Å². The van der Waals surface area contributed by atoms with Gasteiger partial charge in [0.25, 0.3) is 0 Å². The summed E-state index contributed by atoms with van der Waals surface area (Å²) in [5.41, 5.74) is 2.26. The van der Waals surface area contributed by atoms with E-state index in [2.05, 4.69) is 5.09 Å². The minimum atomic E-state index is -3.84. The fourth-order valence-corrected chi connectivity index (χ4v) is 2.86. The van der Waals surface area contributed by atoms with Crippen LogP contribution in [0.4, 0.5) is 5.69 Å². The number of hydrogen-bond acceptors (Lipinski definition) is 2. The molecule has 5 heteroatoms.